The lowest BCUT2D eigenvalue weighted by atomic mass is 10.1. The molecule has 0 spiro atoms. The van der Waals surface area contributed by atoms with Gasteiger partial charge < -0.3 is 26.6 Å². The monoisotopic (exact) mass is 439 g/mol. The Morgan fingerprint density at radius 2 is 1.70 bits per heavy atom. The van der Waals surface area contributed by atoms with Gasteiger partial charge >= 0.3 is 11.9 Å². The Morgan fingerprint density at radius 1 is 1.03 bits per heavy atom. The van der Waals surface area contributed by atoms with Crippen LogP contribution in [0.5, 0.6) is 0 Å². The van der Waals surface area contributed by atoms with Crippen LogP contribution in [0.25, 0.3) is 0 Å². The van der Waals surface area contributed by atoms with Gasteiger partial charge in [-0.1, -0.05) is 30.3 Å². The Labute approximate surface area is 177 Å². The summed E-state index contributed by atoms with van der Waals surface area (Å²) in [6.45, 7) is -0.605. The van der Waals surface area contributed by atoms with Crippen molar-refractivity contribution in [3.05, 3.63) is 35.9 Å². The summed E-state index contributed by atoms with van der Waals surface area (Å²) in [4.78, 5) is 57.7. The highest BCUT2D eigenvalue weighted by atomic mass is 32.2. The molecule has 1 aromatic carbocycles. The van der Waals surface area contributed by atoms with Gasteiger partial charge in [-0.2, -0.15) is 11.8 Å². The number of carboxylic acid groups (broad SMARTS) is 2. The fraction of sp³-hybridized carbons (Fsp3) is 0.421. The summed E-state index contributed by atoms with van der Waals surface area (Å²) in [5.74, 6) is -3.28. The number of carboxylic acids is 2. The summed E-state index contributed by atoms with van der Waals surface area (Å²) < 4.78 is 0. The molecule has 0 aromatic heterocycles. The molecule has 0 aliphatic carbocycles. The van der Waals surface area contributed by atoms with Crippen LogP contribution in [0.15, 0.2) is 30.3 Å². The van der Waals surface area contributed by atoms with Crippen LogP contribution >= 0.6 is 11.8 Å². The zero-order valence-corrected chi connectivity index (χ0v) is 17.0. The highest BCUT2D eigenvalue weighted by Gasteiger charge is 2.22. The predicted octanol–water partition coefficient (Wildman–Crippen LogP) is -0.130. The number of hydrogen-bond donors (Lipinski definition) is 5. The van der Waals surface area contributed by atoms with E-state index in [1.165, 1.54) is 11.8 Å². The molecule has 30 heavy (non-hydrogen) atoms. The van der Waals surface area contributed by atoms with Gasteiger partial charge in [0.15, 0.2) is 5.78 Å². The lowest BCUT2D eigenvalue weighted by Gasteiger charge is -2.18. The van der Waals surface area contributed by atoms with Crippen molar-refractivity contribution >= 4 is 41.3 Å². The molecule has 1 rings (SSSR count). The molecule has 0 radical (unpaired) electrons. The maximum absolute atomic E-state index is 12.2. The first-order valence-corrected chi connectivity index (χ1v) is 10.3. The van der Waals surface area contributed by atoms with Crippen molar-refractivity contribution < 1.29 is 34.2 Å². The summed E-state index contributed by atoms with van der Waals surface area (Å²) in [5.41, 5.74) is 5.93. The number of aliphatic carboxylic acids is 2. The molecule has 0 aliphatic heterocycles. The number of amides is 2. The molecule has 0 heterocycles. The maximum atomic E-state index is 12.2. The zero-order valence-electron chi connectivity index (χ0n) is 16.2. The lowest BCUT2D eigenvalue weighted by Crippen LogP contribution is -2.49. The SMILES string of the molecule is N[C@@H](CCC(=O)N[C@H](CSCCC(=O)c1ccccc1)C(=O)NCC(=O)O)C(=O)O. The fourth-order valence-corrected chi connectivity index (χ4v) is 3.25. The first kappa shape index (κ1) is 25.1. The molecule has 0 saturated carbocycles. The van der Waals surface area contributed by atoms with Crippen molar-refractivity contribution in [2.24, 2.45) is 5.73 Å². The number of nitrogens with two attached hydrogens (primary N) is 1. The molecular weight excluding hydrogens is 414 g/mol. The van der Waals surface area contributed by atoms with Crippen LogP contribution in [0.4, 0.5) is 0 Å². The Balaban J connectivity index is 2.54. The summed E-state index contributed by atoms with van der Waals surface area (Å²) in [6, 6.07) is 6.50. The normalized spacial score (nSPS) is 12.4. The number of thioether (sulfide) groups is 1. The minimum atomic E-state index is -1.24. The Hall–Kier alpha value is -2.92. The van der Waals surface area contributed by atoms with Crippen molar-refractivity contribution in [3.63, 3.8) is 0 Å². The molecule has 1 aromatic rings. The Kier molecular flexibility index (Phi) is 11.2. The predicted molar refractivity (Wildman–Crippen MR) is 110 cm³/mol. The van der Waals surface area contributed by atoms with Gasteiger partial charge in [0.1, 0.15) is 18.6 Å². The van der Waals surface area contributed by atoms with E-state index in [4.69, 9.17) is 15.9 Å². The number of ketones is 1. The number of Topliss-reactive ketones (excluding diaryl/α,β-unsaturated/α-hetero) is 1. The first-order valence-electron chi connectivity index (χ1n) is 9.14. The topological polar surface area (TPSA) is 176 Å². The number of nitrogens with one attached hydrogen (secondary N) is 2. The standard InChI is InChI=1S/C19H25N3O7S/c20-13(19(28)29)6-7-16(24)22-14(18(27)21-10-17(25)26)11-30-9-8-15(23)12-4-2-1-3-5-12/h1-5,13-14H,6-11,20H2,(H,21,27)(H,22,24)(H,25,26)(H,28,29)/t13-,14+/m0/s1. The van der Waals surface area contributed by atoms with Crippen LogP contribution in [0.3, 0.4) is 0 Å². The molecule has 11 heteroatoms. The fourth-order valence-electron chi connectivity index (χ4n) is 2.28. The third kappa shape index (κ3) is 10.0. The minimum absolute atomic E-state index is 0.0540. The van der Waals surface area contributed by atoms with Crippen LogP contribution in [-0.4, -0.2) is 69.9 Å². The van der Waals surface area contributed by atoms with E-state index in [1.807, 2.05) is 0 Å². The number of carbonyl (C=O) groups is 5. The summed E-state index contributed by atoms with van der Waals surface area (Å²) >= 11 is 1.26. The molecule has 2 atom stereocenters. The van der Waals surface area contributed by atoms with Crippen molar-refractivity contribution in [1.29, 1.82) is 0 Å². The summed E-state index contributed by atoms with van der Waals surface area (Å²) in [7, 11) is 0. The largest absolute Gasteiger partial charge is 0.480 e. The van der Waals surface area contributed by atoms with E-state index in [9.17, 15) is 24.0 Å². The van der Waals surface area contributed by atoms with Gasteiger partial charge in [0.2, 0.25) is 11.8 Å². The molecule has 164 valence electrons. The van der Waals surface area contributed by atoms with E-state index in [1.54, 1.807) is 30.3 Å². The molecule has 10 nitrogen and oxygen atoms in total. The van der Waals surface area contributed by atoms with E-state index in [0.29, 0.717) is 11.3 Å². The minimum Gasteiger partial charge on any atom is -0.480 e. The third-order valence-corrected chi connectivity index (χ3v) is 4.98. The molecule has 6 N–H and O–H groups in total. The van der Waals surface area contributed by atoms with Crippen LogP contribution in [0.2, 0.25) is 0 Å². The molecule has 0 fully saturated rings. The highest BCUT2D eigenvalue weighted by Crippen LogP contribution is 2.10. The number of rotatable bonds is 14. The van der Waals surface area contributed by atoms with Crippen LogP contribution in [0, 0.1) is 0 Å². The van der Waals surface area contributed by atoms with Crippen molar-refractivity contribution in [3.8, 4) is 0 Å². The molecular formula is C19H25N3O7S. The average Bonchev–Trinajstić information content (AvgIpc) is 2.72. The van der Waals surface area contributed by atoms with Gasteiger partial charge in [-0.25, -0.2) is 0 Å². The van der Waals surface area contributed by atoms with Crippen LogP contribution in [-0.2, 0) is 19.2 Å². The van der Waals surface area contributed by atoms with Crippen molar-refractivity contribution in [1.82, 2.24) is 10.6 Å². The number of benzene rings is 1. The van der Waals surface area contributed by atoms with E-state index in [2.05, 4.69) is 10.6 Å². The first-order chi connectivity index (χ1) is 14.2. The van der Waals surface area contributed by atoms with Gasteiger partial charge in [-0.05, 0) is 6.42 Å². The van der Waals surface area contributed by atoms with Crippen molar-refractivity contribution in [2.75, 3.05) is 18.1 Å². The number of carbonyl (C=O) groups excluding carboxylic acids is 3. The Morgan fingerprint density at radius 3 is 2.30 bits per heavy atom. The number of hydrogen-bond acceptors (Lipinski definition) is 7. The molecule has 0 unspecified atom stereocenters. The molecule has 0 bridgehead atoms. The second-order valence-electron chi connectivity index (χ2n) is 6.33. The second kappa shape index (κ2) is 13.3. The quantitative estimate of drug-likeness (QED) is 0.195. The van der Waals surface area contributed by atoms with E-state index >= 15 is 0 Å². The van der Waals surface area contributed by atoms with Crippen LogP contribution < -0.4 is 16.4 Å². The van der Waals surface area contributed by atoms with E-state index < -0.39 is 42.4 Å². The lowest BCUT2D eigenvalue weighted by molar-refractivity contribution is -0.139. The van der Waals surface area contributed by atoms with Crippen molar-refractivity contribution in [2.45, 2.75) is 31.3 Å². The highest BCUT2D eigenvalue weighted by molar-refractivity contribution is 7.99. The van der Waals surface area contributed by atoms with Gasteiger partial charge in [0.25, 0.3) is 0 Å². The smallest absolute Gasteiger partial charge is 0.322 e. The average molecular weight is 439 g/mol. The van der Waals surface area contributed by atoms with Gasteiger partial charge in [0, 0.05) is 29.9 Å². The maximum Gasteiger partial charge on any atom is 0.322 e. The van der Waals surface area contributed by atoms with Crippen LogP contribution in [0.1, 0.15) is 29.6 Å². The zero-order chi connectivity index (χ0) is 22.5. The summed E-state index contributed by atoms with van der Waals surface area (Å²) in [6.07, 6.45) is -0.0732. The molecule has 0 saturated heterocycles. The van der Waals surface area contributed by atoms with E-state index in [0.717, 1.165) is 0 Å². The van der Waals surface area contributed by atoms with Gasteiger partial charge in [-0.3, -0.25) is 24.0 Å². The van der Waals surface area contributed by atoms with Gasteiger partial charge in [0.05, 0.1) is 0 Å². The second-order valence-corrected chi connectivity index (χ2v) is 7.48. The third-order valence-electron chi connectivity index (χ3n) is 3.92. The Bertz CT molecular complexity index is 758. The molecule has 0 aliphatic rings. The van der Waals surface area contributed by atoms with E-state index in [-0.39, 0.29) is 30.8 Å². The molecule has 2 amide bonds. The van der Waals surface area contributed by atoms with Gasteiger partial charge in [-0.15, -0.1) is 0 Å². The summed E-state index contributed by atoms with van der Waals surface area (Å²) in [5, 5.41) is 22.1.